The van der Waals surface area contributed by atoms with Crippen molar-refractivity contribution in [2.24, 2.45) is 0 Å². The quantitative estimate of drug-likeness (QED) is 0.667. The van der Waals surface area contributed by atoms with Crippen molar-refractivity contribution in [1.29, 1.82) is 0 Å². The lowest BCUT2D eigenvalue weighted by Gasteiger charge is -2.11. The Bertz CT molecular complexity index is 706. The van der Waals surface area contributed by atoms with E-state index in [0.717, 1.165) is 0 Å². The first-order valence-corrected chi connectivity index (χ1v) is 6.97. The molecule has 2 rings (SSSR count). The molecule has 1 heterocycles. The van der Waals surface area contributed by atoms with Crippen LogP contribution >= 0.6 is 15.9 Å². The molecule has 0 aliphatic heterocycles. The number of benzene rings is 1. The minimum absolute atomic E-state index is 0.0887. The number of nitro groups is 1. The molecule has 0 aliphatic rings. The molecule has 0 amide bonds. The molecule has 110 valence electrons. The molecule has 0 unspecified atom stereocenters. The Morgan fingerprint density at radius 2 is 2.14 bits per heavy atom. The van der Waals surface area contributed by atoms with Crippen LogP contribution in [0.3, 0.4) is 0 Å². The number of nitro benzene ring substituents is 1. The lowest BCUT2D eigenvalue weighted by Crippen LogP contribution is -2.05. The normalized spacial score (nSPS) is 10.4. The number of para-hydroxylation sites is 1. The SMILES string of the molecule is CCc1nc(N)c(C)c(Oc2c(Br)cccc2[N+](=O)[O-])n1. The van der Waals surface area contributed by atoms with Gasteiger partial charge in [-0.05, 0) is 28.9 Å². The number of rotatable bonds is 4. The molecular formula is C13H13BrN4O3. The molecule has 2 N–H and O–H groups in total. The number of aryl methyl sites for hydroxylation is 1. The predicted octanol–water partition coefficient (Wildman–Crippen LogP) is 3.39. The van der Waals surface area contributed by atoms with Crippen molar-refractivity contribution < 1.29 is 9.66 Å². The first kappa shape index (κ1) is 15.2. The first-order chi connectivity index (χ1) is 9.93. The first-order valence-electron chi connectivity index (χ1n) is 6.17. The van der Waals surface area contributed by atoms with E-state index in [2.05, 4.69) is 25.9 Å². The number of halogens is 1. The number of nitrogens with two attached hydrogens (primary N) is 1. The average Bonchev–Trinajstić information content (AvgIpc) is 2.45. The van der Waals surface area contributed by atoms with Gasteiger partial charge in [-0.1, -0.05) is 13.0 Å². The Morgan fingerprint density at radius 1 is 1.43 bits per heavy atom. The average molecular weight is 353 g/mol. The highest BCUT2D eigenvalue weighted by molar-refractivity contribution is 9.10. The molecule has 21 heavy (non-hydrogen) atoms. The van der Waals surface area contributed by atoms with Crippen LogP contribution in [0.1, 0.15) is 18.3 Å². The monoisotopic (exact) mass is 352 g/mol. The fourth-order valence-electron chi connectivity index (χ4n) is 1.65. The van der Waals surface area contributed by atoms with E-state index in [9.17, 15) is 10.1 Å². The highest BCUT2D eigenvalue weighted by Gasteiger charge is 2.21. The van der Waals surface area contributed by atoms with Crippen molar-refractivity contribution >= 4 is 27.4 Å². The van der Waals surface area contributed by atoms with Crippen LogP contribution in [-0.4, -0.2) is 14.9 Å². The number of nitrogens with zero attached hydrogens (tertiary/aromatic N) is 3. The Hall–Kier alpha value is -2.22. The maximum absolute atomic E-state index is 11.1. The summed E-state index contributed by atoms with van der Waals surface area (Å²) in [5.74, 6) is 1.12. The second-order valence-electron chi connectivity index (χ2n) is 4.26. The van der Waals surface area contributed by atoms with E-state index in [1.165, 1.54) is 6.07 Å². The third kappa shape index (κ3) is 3.10. The van der Waals surface area contributed by atoms with Crippen molar-refractivity contribution in [3.05, 3.63) is 44.2 Å². The Kier molecular flexibility index (Phi) is 4.37. The molecule has 0 bridgehead atoms. The van der Waals surface area contributed by atoms with Gasteiger partial charge in [0.15, 0.2) is 0 Å². The lowest BCUT2D eigenvalue weighted by atomic mass is 10.3. The molecule has 0 radical (unpaired) electrons. The molecule has 0 atom stereocenters. The summed E-state index contributed by atoms with van der Waals surface area (Å²) in [6.07, 6.45) is 0.582. The van der Waals surface area contributed by atoms with Crippen molar-refractivity contribution in [3.63, 3.8) is 0 Å². The zero-order valence-electron chi connectivity index (χ0n) is 11.5. The van der Waals surface area contributed by atoms with Gasteiger partial charge in [0, 0.05) is 12.5 Å². The Labute approximate surface area is 129 Å². The van der Waals surface area contributed by atoms with E-state index < -0.39 is 4.92 Å². The van der Waals surface area contributed by atoms with Crippen molar-refractivity contribution in [2.45, 2.75) is 20.3 Å². The van der Waals surface area contributed by atoms with Crippen molar-refractivity contribution in [3.8, 4) is 11.6 Å². The number of hydrogen-bond donors (Lipinski definition) is 1. The largest absolute Gasteiger partial charge is 0.430 e. The summed E-state index contributed by atoms with van der Waals surface area (Å²) in [5.41, 5.74) is 6.20. The standard InChI is InChI=1S/C13H13BrN4O3/c1-3-10-16-12(15)7(2)13(17-10)21-11-8(14)5-4-6-9(11)18(19)20/h4-6H,3H2,1-2H3,(H2,15,16,17). The highest BCUT2D eigenvalue weighted by Crippen LogP contribution is 2.38. The van der Waals surface area contributed by atoms with Gasteiger partial charge in [-0.2, -0.15) is 4.98 Å². The fourth-order valence-corrected chi connectivity index (χ4v) is 2.09. The summed E-state index contributed by atoms with van der Waals surface area (Å²) in [4.78, 5) is 18.9. The molecule has 8 heteroatoms. The number of aromatic nitrogens is 2. The van der Waals surface area contributed by atoms with Crippen LogP contribution in [0.2, 0.25) is 0 Å². The molecule has 0 saturated carbocycles. The van der Waals surface area contributed by atoms with Crippen LogP contribution in [0.5, 0.6) is 11.6 Å². The summed E-state index contributed by atoms with van der Waals surface area (Å²) in [6, 6.07) is 4.58. The third-order valence-electron chi connectivity index (χ3n) is 2.84. The molecular weight excluding hydrogens is 340 g/mol. The van der Waals surface area contributed by atoms with Gasteiger partial charge in [-0.15, -0.1) is 0 Å². The number of nitrogen functional groups attached to an aromatic ring is 1. The minimum atomic E-state index is -0.513. The van der Waals surface area contributed by atoms with Gasteiger partial charge >= 0.3 is 5.69 Å². The van der Waals surface area contributed by atoms with Gasteiger partial charge in [0.05, 0.1) is 15.0 Å². The summed E-state index contributed by atoms with van der Waals surface area (Å²) < 4.78 is 6.10. The topological polar surface area (TPSA) is 104 Å². The third-order valence-corrected chi connectivity index (χ3v) is 3.47. The maximum atomic E-state index is 11.1. The van der Waals surface area contributed by atoms with E-state index >= 15 is 0 Å². The van der Waals surface area contributed by atoms with Crippen LogP contribution < -0.4 is 10.5 Å². The maximum Gasteiger partial charge on any atom is 0.312 e. The minimum Gasteiger partial charge on any atom is -0.430 e. The van der Waals surface area contributed by atoms with Crippen molar-refractivity contribution in [1.82, 2.24) is 9.97 Å². The second-order valence-corrected chi connectivity index (χ2v) is 5.11. The van der Waals surface area contributed by atoms with Crippen LogP contribution in [0, 0.1) is 17.0 Å². The smallest absolute Gasteiger partial charge is 0.312 e. The second kappa shape index (κ2) is 6.04. The van der Waals surface area contributed by atoms with E-state index in [1.807, 2.05) is 6.92 Å². The van der Waals surface area contributed by atoms with Crippen LogP contribution in [0.25, 0.3) is 0 Å². The van der Waals surface area contributed by atoms with Gasteiger partial charge in [0.25, 0.3) is 0 Å². The molecule has 1 aromatic heterocycles. The van der Waals surface area contributed by atoms with Crippen LogP contribution in [-0.2, 0) is 6.42 Å². The van der Waals surface area contributed by atoms with Crippen molar-refractivity contribution in [2.75, 3.05) is 5.73 Å². The number of ether oxygens (including phenoxy) is 1. The molecule has 2 aromatic rings. The molecule has 0 fully saturated rings. The molecule has 1 aromatic carbocycles. The van der Waals surface area contributed by atoms with Gasteiger partial charge in [-0.3, -0.25) is 10.1 Å². The van der Waals surface area contributed by atoms with E-state index in [1.54, 1.807) is 19.1 Å². The van der Waals surface area contributed by atoms with E-state index in [4.69, 9.17) is 10.5 Å². The lowest BCUT2D eigenvalue weighted by molar-refractivity contribution is -0.385. The summed E-state index contributed by atoms with van der Waals surface area (Å²) in [6.45, 7) is 3.58. The molecule has 0 spiro atoms. The van der Waals surface area contributed by atoms with E-state index in [0.29, 0.717) is 28.1 Å². The summed E-state index contributed by atoms with van der Waals surface area (Å²) in [7, 11) is 0. The van der Waals surface area contributed by atoms with Gasteiger partial charge in [0.1, 0.15) is 11.6 Å². The zero-order valence-corrected chi connectivity index (χ0v) is 13.0. The van der Waals surface area contributed by atoms with E-state index in [-0.39, 0.29) is 17.3 Å². The molecule has 0 saturated heterocycles. The summed E-state index contributed by atoms with van der Waals surface area (Å²) in [5, 5.41) is 11.1. The Balaban J connectivity index is 2.53. The Morgan fingerprint density at radius 3 is 2.76 bits per heavy atom. The van der Waals surface area contributed by atoms with Crippen LogP contribution in [0.4, 0.5) is 11.5 Å². The predicted molar refractivity (Wildman–Crippen MR) is 81.4 cm³/mol. The van der Waals surface area contributed by atoms with Gasteiger partial charge in [0.2, 0.25) is 11.6 Å². The fraction of sp³-hybridized carbons (Fsp3) is 0.231. The highest BCUT2D eigenvalue weighted by atomic mass is 79.9. The molecule has 0 aliphatic carbocycles. The van der Waals surface area contributed by atoms with Gasteiger partial charge in [-0.25, -0.2) is 4.98 Å². The molecule has 7 nitrogen and oxygen atoms in total. The number of anilines is 1. The van der Waals surface area contributed by atoms with Gasteiger partial charge < -0.3 is 10.5 Å². The summed E-state index contributed by atoms with van der Waals surface area (Å²) >= 11 is 3.25. The van der Waals surface area contributed by atoms with Crippen LogP contribution in [0.15, 0.2) is 22.7 Å². The zero-order chi connectivity index (χ0) is 15.6. The number of hydrogen-bond acceptors (Lipinski definition) is 6.